The molecule has 2 atom stereocenters. The summed E-state index contributed by atoms with van der Waals surface area (Å²) in [6.07, 6.45) is 3.86. The molecule has 1 aromatic heterocycles. The van der Waals surface area contributed by atoms with E-state index in [2.05, 4.69) is 92.7 Å². The fraction of sp³-hybridized carbons (Fsp3) is 0.600. The van der Waals surface area contributed by atoms with E-state index in [1.165, 1.54) is 0 Å². The number of benzene rings is 1. The van der Waals surface area contributed by atoms with Gasteiger partial charge in [-0.1, -0.05) is 59.2 Å². The molecule has 2 aliphatic rings. The Morgan fingerprint density at radius 3 is 2.49 bits per heavy atom. The third-order valence-corrected chi connectivity index (χ3v) is 13.2. The van der Waals surface area contributed by atoms with Gasteiger partial charge >= 0.3 is 0 Å². The van der Waals surface area contributed by atoms with Gasteiger partial charge < -0.3 is 25.1 Å². The molecular formula is C30H46ClN5O2Si. The molecular weight excluding hydrogens is 526 g/mol. The molecule has 9 heteroatoms. The van der Waals surface area contributed by atoms with Crippen LogP contribution in [0.3, 0.4) is 0 Å². The molecule has 0 aliphatic carbocycles. The summed E-state index contributed by atoms with van der Waals surface area (Å²) < 4.78 is 13.3. The summed E-state index contributed by atoms with van der Waals surface area (Å²) in [5.41, 5.74) is 4.94. The smallest absolute Gasteiger partial charge is 0.229 e. The van der Waals surface area contributed by atoms with E-state index in [1.54, 1.807) is 0 Å². The van der Waals surface area contributed by atoms with Crippen molar-refractivity contribution in [1.29, 1.82) is 0 Å². The van der Waals surface area contributed by atoms with Crippen LogP contribution in [0.1, 0.15) is 64.8 Å². The zero-order chi connectivity index (χ0) is 28.8. The third kappa shape index (κ3) is 6.45. The van der Waals surface area contributed by atoms with Gasteiger partial charge in [0.05, 0.1) is 23.4 Å². The van der Waals surface area contributed by atoms with Crippen LogP contribution in [0.2, 0.25) is 23.2 Å². The van der Waals surface area contributed by atoms with Gasteiger partial charge in [0.15, 0.2) is 8.32 Å². The second-order valence-electron chi connectivity index (χ2n) is 13.4. The number of hydrogen-bond acceptors (Lipinski definition) is 7. The molecule has 0 saturated carbocycles. The predicted octanol–water partition coefficient (Wildman–Crippen LogP) is 7.34. The molecule has 7 nitrogen and oxygen atoms in total. The Labute approximate surface area is 240 Å². The van der Waals surface area contributed by atoms with Crippen LogP contribution in [-0.2, 0) is 10.8 Å². The average molecular weight is 572 g/mol. The number of aromatic nitrogens is 2. The largest absolute Gasteiger partial charge is 0.492 e. The molecule has 2 unspecified atom stereocenters. The van der Waals surface area contributed by atoms with Crippen molar-refractivity contribution < 1.29 is 9.16 Å². The summed E-state index contributed by atoms with van der Waals surface area (Å²) in [6.45, 7) is 21.8. The molecule has 4 rings (SSSR count). The van der Waals surface area contributed by atoms with Gasteiger partial charge in [0.2, 0.25) is 5.95 Å². The first kappa shape index (κ1) is 29.8. The lowest BCUT2D eigenvalue weighted by Crippen LogP contribution is -2.54. The fourth-order valence-corrected chi connectivity index (χ4v) is 6.79. The summed E-state index contributed by atoms with van der Waals surface area (Å²) in [6, 6.07) is 4.18. The highest BCUT2D eigenvalue weighted by Crippen LogP contribution is 2.47. The predicted molar refractivity (Wildman–Crippen MR) is 166 cm³/mol. The molecule has 0 spiro atoms. The van der Waals surface area contributed by atoms with Crippen molar-refractivity contribution in [3.05, 3.63) is 40.1 Å². The van der Waals surface area contributed by atoms with Gasteiger partial charge in [-0.2, -0.15) is 4.98 Å². The van der Waals surface area contributed by atoms with Crippen molar-refractivity contribution >= 4 is 42.9 Å². The second-order valence-corrected chi connectivity index (χ2v) is 18.5. The monoisotopic (exact) mass is 571 g/mol. The molecule has 0 radical (unpaired) electrons. The number of hydrogen-bond donors (Lipinski definition) is 3. The lowest BCUT2D eigenvalue weighted by atomic mass is 9.81. The minimum atomic E-state index is -2.04. The summed E-state index contributed by atoms with van der Waals surface area (Å²) in [5.74, 6) is 2.15. The fourth-order valence-electron chi connectivity index (χ4n) is 5.15. The highest BCUT2D eigenvalue weighted by molar-refractivity contribution is 6.74. The van der Waals surface area contributed by atoms with E-state index in [0.717, 1.165) is 59.0 Å². The van der Waals surface area contributed by atoms with E-state index in [4.69, 9.17) is 20.8 Å². The van der Waals surface area contributed by atoms with Gasteiger partial charge in [-0.25, -0.2) is 4.98 Å². The number of anilines is 3. The van der Waals surface area contributed by atoms with E-state index in [9.17, 15) is 0 Å². The molecule has 0 saturated heterocycles. The number of nitrogens with one attached hydrogen (secondary N) is 3. The number of ether oxygens (including phenoxy) is 1. The molecule has 3 heterocycles. The molecule has 2 aliphatic heterocycles. The molecule has 39 heavy (non-hydrogen) atoms. The van der Waals surface area contributed by atoms with Crippen molar-refractivity contribution in [3.8, 4) is 5.75 Å². The van der Waals surface area contributed by atoms with Gasteiger partial charge in [-0.3, -0.25) is 0 Å². The number of aryl methyl sites for hydroxylation is 1. The Hall–Kier alpha value is -2.13. The molecule has 1 aromatic carbocycles. The van der Waals surface area contributed by atoms with Crippen LogP contribution in [-0.4, -0.2) is 50.6 Å². The van der Waals surface area contributed by atoms with Crippen molar-refractivity contribution in [1.82, 2.24) is 15.3 Å². The quantitative estimate of drug-likeness (QED) is 0.313. The van der Waals surface area contributed by atoms with Crippen molar-refractivity contribution in [3.63, 3.8) is 0 Å². The van der Waals surface area contributed by atoms with Gasteiger partial charge in [0.1, 0.15) is 11.6 Å². The van der Waals surface area contributed by atoms with Crippen LogP contribution in [0.4, 0.5) is 17.5 Å². The van der Waals surface area contributed by atoms with Gasteiger partial charge in [-0.05, 0) is 48.5 Å². The Morgan fingerprint density at radius 1 is 1.13 bits per heavy atom. The van der Waals surface area contributed by atoms with Gasteiger partial charge in [0, 0.05) is 48.9 Å². The lowest BCUT2D eigenvalue weighted by Gasteiger charge is -2.44. The maximum absolute atomic E-state index is 7.22. The molecule has 0 bridgehead atoms. The standard InChI is InChI=1S/C30H46ClN5O2Si/c1-18-15-23(32-8)36-28(34-18)35-21-16-20-12-14-37-26(20)24(25(21)31)19-11-13-33-27(29(2,3)4)22(17-19)38-39(9,10)30(5,6)7/h11,15-16,22,27,33H,12-14,17H2,1-10H3,(H2,32,34,35,36). The highest BCUT2D eigenvalue weighted by atomic mass is 35.5. The minimum Gasteiger partial charge on any atom is -0.492 e. The van der Waals surface area contributed by atoms with Crippen LogP contribution < -0.4 is 20.7 Å². The lowest BCUT2D eigenvalue weighted by molar-refractivity contribution is 0.0866. The Balaban J connectivity index is 1.76. The zero-order valence-corrected chi connectivity index (χ0v) is 27.1. The molecule has 214 valence electrons. The van der Waals surface area contributed by atoms with Crippen LogP contribution in [0.5, 0.6) is 5.75 Å². The summed E-state index contributed by atoms with van der Waals surface area (Å²) in [7, 11) is -0.192. The molecule has 0 amide bonds. The third-order valence-electron chi connectivity index (χ3n) is 8.25. The Morgan fingerprint density at radius 2 is 1.85 bits per heavy atom. The van der Waals surface area contributed by atoms with Crippen molar-refractivity contribution in [2.45, 2.75) is 91.6 Å². The highest BCUT2D eigenvalue weighted by Gasteiger charge is 2.44. The van der Waals surface area contributed by atoms with E-state index >= 15 is 0 Å². The Bertz CT molecular complexity index is 1250. The molecule has 0 fully saturated rings. The number of rotatable bonds is 6. The first-order valence-corrected chi connectivity index (χ1v) is 17.3. The maximum Gasteiger partial charge on any atom is 0.229 e. The Kier molecular flexibility index (Phi) is 8.44. The number of halogens is 1. The van der Waals surface area contributed by atoms with Crippen LogP contribution in [0.15, 0.2) is 18.2 Å². The van der Waals surface area contributed by atoms with Crippen molar-refractivity contribution in [2.24, 2.45) is 5.41 Å². The van der Waals surface area contributed by atoms with Crippen LogP contribution >= 0.6 is 11.6 Å². The van der Waals surface area contributed by atoms with E-state index in [1.807, 2.05) is 20.0 Å². The first-order chi connectivity index (χ1) is 18.1. The van der Waals surface area contributed by atoms with E-state index in [-0.39, 0.29) is 22.6 Å². The topological polar surface area (TPSA) is 80.3 Å². The zero-order valence-electron chi connectivity index (χ0n) is 25.3. The molecule has 2 aromatic rings. The normalized spacial score (nSPS) is 20.1. The second kappa shape index (κ2) is 11.0. The summed E-state index contributed by atoms with van der Waals surface area (Å²) in [4.78, 5) is 9.18. The van der Waals surface area contributed by atoms with Gasteiger partial charge in [-0.15, -0.1) is 0 Å². The minimum absolute atomic E-state index is 0.00247. The average Bonchev–Trinajstić information content (AvgIpc) is 3.16. The SMILES string of the molecule is CNc1cc(C)nc(Nc2cc3c(c(C4=CCNC(C(C)(C)C)C(O[Si](C)(C)C(C)(C)C)C4)c2Cl)OCC3)n1. The van der Waals surface area contributed by atoms with Crippen LogP contribution in [0, 0.1) is 12.3 Å². The summed E-state index contributed by atoms with van der Waals surface area (Å²) >= 11 is 7.22. The van der Waals surface area contributed by atoms with Gasteiger partial charge in [0.25, 0.3) is 0 Å². The van der Waals surface area contributed by atoms with Crippen LogP contribution in [0.25, 0.3) is 5.57 Å². The molecule has 3 N–H and O–H groups in total. The number of nitrogens with zero attached hydrogens (tertiary/aromatic N) is 2. The van der Waals surface area contributed by atoms with E-state index < -0.39 is 8.32 Å². The first-order valence-electron chi connectivity index (χ1n) is 14.0. The summed E-state index contributed by atoms with van der Waals surface area (Å²) in [5, 5.41) is 11.0. The van der Waals surface area contributed by atoms with Crippen molar-refractivity contribution in [2.75, 3.05) is 30.8 Å². The van der Waals surface area contributed by atoms with E-state index in [0.29, 0.717) is 17.6 Å². The maximum atomic E-state index is 7.22. The number of fused-ring (bicyclic) bond motifs is 1.